The number of carbonyl (C=O) groups is 1. The molecule has 0 aromatic heterocycles. The van der Waals surface area contributed by atoms with Crippen LogP contribution < -0.4 is 10.6 Å². The molecule has 0 heterocycles. The van der Waals surface area contributed by atoms with Gasteiger partial charge in [0.2, 0.25) is 5.91 Å². The predicted molar refractivity (Wildman–Crippen MR) is 64.9 cm³/mol. The highest BCUT2D eigenvalue weighted by atomic mass is 16.3. The molecule has 0 bridgehead atoms. The van der Waals surface area contributed by atoms with Crippen LogP contribution in [0.5, 0.6) is 11.5 Å². The van der Waals surface area contributed by atoms with Gasteiger partial charge in [0.15, 0.2) is 0 Å². The zero-order valence-corrected chi connectivity index (χ0v) is 10.2. The second-order valence-corrected chi connectivity index (χ2v) is 3.97. The first-order valence-corrected chi connectivity index (χ1v) is 5.45. The second kappa shape index (κ2) is 5.54. The number of likely N-dealkylation sites (N-methyl/N-ethyl adjacent to an activating group) is 1. The maximum atomic E-state index is 11.3. The second-order valence-electron chi connectivity index (χ2n) is 3.97. The molecule has 94 valence electrons. The fraction of sp³-hybridized carbons (Fsp3) is 0.417. The molecule has 1 amide bonds. The molecule has 0 aliphatic heterocycles. The summed E-state index contributed by atoms with van der Waals surface area (Å²) in [6.07, 6.45) is 0. The fourth-order valence-corrected chi connectivity index (χ4v) is 1.66. The van der Waals surface area contributed by atoms with Gasteiger partial charge in [-0.15, -0.1) is 0 Å². The van der Waals surface area contributed by atoms with E-state index in [1.165, 1.54) is 12.1 Å². The van der Waals surface area contributed by atoms with Crippen LogP contribution >= 0.6 is 0 Å². The van der Waals surface area contributed by atoms with Gasteiger partial charge < -0.3 is 15.5 Å². The van der Waals surface area contributed by atoms with Crippen molar-refractivity contribution < 1.29 is 15.0 Å². The Bertz CT molecular complexity index is 407. The van der Waals surface area contributed by atoms with Crippen molar-refractivity contribution in [2.75, 3.05) is 7.05 Å². The zero-order valence-electron chi connectivity index (χ0n) is 10.2. The number of nitrogens with one attached hydrogen (secondary N) is 2. The van der Waals surface area contributed by atoms with Crippen LogP contribution in [0.4, 0.5) is 0 Å². The van der Waals surface area contributed by atoms with E-state index in [0.29, 0.717) is 5.56 Å². The quantitative estimate of drug-likeness (QED) is 0.627. The molecule has 2 unspecified atom stereocenters. The normalized spacial score (nSPS) is 14.1. The molecule has 0 fully saturated rings. The van der Waals surface area contributed by atoms with E-state index < -0.39 is 0 Å². The molecular formula is C12H18N2O3. The van der Waals surface area contributed by atoms with Crippen LogP contribution in [-0.4, -0.2) is 29.2 Å². The minimum atomic E-state index is -0.358. The molecule has 2 atom stereocenters. The van der Waals surface area contributed by atoms with Crippen LogP contribution in [0.25, 0.3) is 0 Å². The van der Waals surface area contributed by atoms with Crippen molar-refractivity contribution in [1.29, 1.82) is 0 Å². The first-order valence-electron chi connectivity index (χ1n) is 5.45. The van der Waals surface area contributed by atoms with Crippen LogP contribution in [0, 0.1) is 0 Å². The van der Waals surface area contributed by atoms with Gasteiger partial charge >= 0.3 is 0 Å². The average Bonchev–Trinajstić information content (AvgIpc) is 2.27. The minimum absolute atomic E-state index is 0.00843. The molecule has 0 spiro atoms. The molecule has 1 aromatic rings. The molecule has 1 aromatic carbocycles. The van der Waals surface area contributed by atoms with E-state index in [0.717, 1.165) is 0 Å². The van der Waals surface area contributed by atoms with Gasteiger partial charge in [-0.3, -0.25) is 10.1 Å². The molecule has 5 heteroatoms. The predicted octanol–water partition coefficient (Wildman–Crippen LogP) is 0.883. The molecule has 17 heavy (non-hydrogen) atoms. The monoisotopic (exact) mass is 238 g/mol. The van der Waals surface area contributed by atoms with Gasteiger partial charge in [-0.25, -0.2) is 0 Å². The molecule has 4 N–H and O–H groups in total. The number of phenols is 2. The molecule has 0 aliphatic rings. The van der Waals surface area contributed by atoms with Crippen molar-refractivity contribution in [2.24, 2.45) is 0 Å². The highest BCUT2D eigenvalue weighted by molar-refractivity contribution is 5.81. The largest absolute Gasteiger partial charge is 0.508 e. The van der Waals surface area contributed by atoms with Crippen molar-refractivity contribution in [3.05, 3.63) is 23.8 Å². The summed E-state index contributed by atoms with van der Waals surface area (Å²) in [5.74, 6) is -0.0953. The molecule has 0 radical (unpaired) electrons. The molecular weight excluding hydrogens is 220 g/mol. The number of amides is 1. The lowest BCUT2D eigenvalue weighted by atomic mass is 10.1. The Morgan fingerprint density at radius 3 is 2.47 bits per heavy atom. The smallest absolute Gasteiger partial charge is 0.236 e. The summed E-state index contributed by atoms with van der Waals surface area (Å²) in [6, 6.07) is 3.85. The third-order valence-corrected chi connectivity index (χ3v) is 2.62. The van der Waals surface area contributed by atoms with E-state index >= 15 is 0 Å². The van der Waals surface area contributed by atoms with Crippen LogP contribution in [0.2, 0.25) is 0 Å². The highest BCUT2D eigenvalue weighted by Gasteiger charge is 2.17. The fourth-order valence-electron chi connectivity index (χ4n) is 1.66. The van der Waals surface area contributed by atoms with Crippen molar-refractivity contribution >= 4 is 5.91 Å². The van der Waals surface area contributed by atoms with E-state index in [2.05, 4.69) is 10.6 Å². The van der Waals surface area contributed by atoms with E-state index in [1.807, 2.05) is 6.92 Å². The van der Waals surface area contributed by atoms with E-state index in [-0.39, 0.29) is 29.5 Å². The number of phenolic OH excluding ortho intramolecular Hbond substituents is 2. The Morgan fingerprint density at radius 2 is 1.94 bits per heavy atom. The lowest BCUT2D eigenvalue weighted by molar-refractivity contribution is -0.122. The lowest BCUT2D eigenvalue weighted by Crippen LogP contribution is -2.41. The number of hydrogen-bond donors (Lipinski definition) is 4. The summed E-state index contributed by atoms with van der Waals surface area (Å²) in [6.45, 7) is 3.58. The maximum absolute atomic E-state index is 11.3. The summed E-state index contributed by atoms with van der Waals surface area (Å²) in [5, 5.41) is 24.4. The molecule has 0 saturated carbocycles. The standard InChI is InChI=1S/C12H18N2O3/c1-7(14-8(2)12(17)13-3)10-5-4-9(15)6-11(10)16/h4-8,14-16H,1-3H3,(H,13,17). The van der Waals surface area contributed by atoms with Gasteiger partial charge in [0, 0.05) is 24.7 Å². The van der Waals surface area contributed by atoms with Crippen LogP contribution in [-0.2, 0) is 4.79 Å². The summed E-state index contributed by atoms with van der Waals surface area (Å²) >= 11 is 0. The van der Waals surface area contributed by atoms with Gasteiger partial charge in [0.25, 0.3) is 0 Å². The summed E-state index contributed by atoms with van der Waals surface area (Å²) < 4.78 is 0. The number of hydrogen-bond acceptors (Lipinski definition) is 4. The van der Waals surface area contributed by atoms with Crippen molar-refractivity contribution in [3.8, 4) is 11.5 Å². The van der Waals surface area contributed by atoms with Crippen molar-refractivity contribution in [3.63, 3.8) is 0 Å². The minimum Gasteiger partial charge on any atom is -0.508 e. The Kier molecular flexibility index (Phi) is 4.34. The summed E-state index contributed by atoms with van der Waals surface area (Å²) in [7, 11) is 1.57. The number of rotatable bonds is 4. The first kappa shape index (κ1) is 13.3. The molecule has 5 nitrogen and oxygen atoms in total. The van der Waals surface area contributed by atoms with Gasteiger partial charge in [-0.05, 0) is 19.9 Å². The van der Waals surface area contributed by atoms with Crippen LogP contribution in [0.1, 0.15) is 25.5 Å². The van der Waals surface area contributed by atoms with Gasteiger partial charge in [0.1, 0.15) is 11.5 Å². The van der Waals surface area contributed by atoms with Gasteiger partial charge in [-0.1, -0.05) is 6.07 Å². The van der Waals surface area contributed by atoms with Crippen LogP contribution in [0.15, 0.2) is 18.2 Å². The summed E-state index contributed by atoms with van der Waals surface area (Å²) in [4.78, 5) is 11.3. The third-order valence-electron chi connectivity index (χ3n) is 2.62. The number of carbonyl (C=O) groups excluding carboxylic acids is 1. The zero-order chi connectivity index (χ0) is 13.0. The molecule has 0 aliphatic carbocycles. The Morgan fingerprint density at radius 1 is 1.29 bits per heavy atom. The van der Waals surface area contributed by atoms with Gasteiger partial charge in [0.05, 0.1) is 6.04 Å². The van der Waals surface area contributed by atoms with E-state index in [9.17, 15) is 15.0 Å². The Labute approximate surface area is 100 Å². The SMILES string of the molecule is CNC(=O)C(C)NC(C)c1ccc(O)cc1O. The summed E-state index contributed by atoms with van der Waals surface area (Å²) in [5.41, 5.74) is 0.638. The molecule has 1 rings (SSSR count). The topological polar surface area (TPSA) is 81.6 Å². The van der Waals surface area contributed by atoms with E-state index in [1.54, 1.807) is 20.0 Å². The van der Waals surface area contributed by atoms with Crippen molar-refractivity contribution in [1.82, 2.24) is 10.6 Å². The highest BCUT2D eigenvalue weighted by Crippen LogP contribution is 2.27. The Hall–Kier alpha value is -1.75. The molecule has 0 saturated heterocycles. The maximum Gasteiger partial charge on any atom is 0.236 e. The van der Waals surface area contributed by atoms with Gasteiger partial charge in [-0.2, -0.15) is 0 Å². The van der Waals surface area contributed by atoms with Crippen LogP contribution in [0.3, 0.4) is 0 Å². The van der Waals surface area contributed by atoms with E-state index in [4.69, 9.17) is 0 Å². The number of aromatic hydroxyl groups is 2. The van der Waals surface area contributed by atoms with Crippen molar-refractivity contribution in [2.45, 2.75) is 25.9 Å². The first-order chi connectivity index (χ1) is 7.95. The average molecular weight is 238 g/mol. The lowest BCUT2D eigenvalue weighted by Gasteiger charge is -2.20. The third kappa shape index (κ3) is 3.35. The Balaban J connectivity index is 2.76. The number of benzene rings is 1.